The summed E-state index contributed by atoms with van der Waals surface area (Å²) in [4.78, 5) is 25.3. The molecule has 1 heterocycles. The number of amides is 1. The topological polar surface area (TPSA) is 75.5 Å². The Morgan fingerprint density at radius 2 is 1.84 bits per heavy atom. The minimum absolute atomic E-state index is 0.0450. The number of nitro groups is 1. The molecule has 1 N–H and O–H groups in total. The summed E-state index contributed by atoms with van der Waals surface area (Å²) in [5, 5.41) is 13.6. The molecular weight excluding hydrogens is 325 g/mol. The Morgan fingerprint density at radius 1 is 1.12 bits per heavy atom. The molecule has 6 nitrogen and oxygen atoms in total. The lowest BCUT2D eigenvalue weighted by molar-refractivity contribution is -0.384. The van der Waals surface area contributed by atoms with Crippen molar-refractivity contribution in [2.75, 3.05) is 23.3 Å². The van der Waals surface area contributed by atoms with E-state index in [0.717, 1.165) is 32.4 Å². The molecule has 1 saturated heterocycles. The van der Waals surface area contributed by atoms with E-state index in [9.17, 15) is 19.3 Å². The molecule has 1 aliphatic rings. The first-order chi connectivity index (χ1) is 12.1. The van der Waals surface area contributed by atoms with Gasteiger partial charge < -0.3 is 10.2 Å². The molecule has 0 atom stereocenters. The monoisotopic (exact) mass is 343 g/mol. The van der Waals surface area contributed by atoms with Gasteiger partial charge in [-0.15, -0.1) is 0 Å². The fourth-order valence-corrected chi connectivity index (χ4v) is 2.98. The van der Waals surface area contributed by atoms with Gasteiger partial charge >= 0.3 is 0 Å². The zero-order valence-electron chi connectivity index (χ0n) is 13.6. The van der Waals surface area contributed by atoms with Crippen LogP contribution >= 0.6 is 0 Å². The average Bonchev–Trinajstić information content (AvgIpc) is 2.63. The molecule has 0 radical (unpaired) electrons. The highest BCUT2D eigenvalue weighted by molar-refractivity contribution is 6.08. The Hall–Kier alpha value is -2.96. The predicted octanol–water partition coefficient (Wildman–Crippen LogP) is 3.98. The molecule has 0 bridgehead atoms. The van der Waals surface area contributed by atoms with Gasteiger partial charge in [-0.3, -0.25) is 14.9 Å². The number of anilines is 2. The van der Waals surface area contributed by atoms with Gasteiger partial charge in [-0.05, 0) is 37.5 Å². The van der Waals surface area contributed by atoms with E-state index >= 15 is 0 Å². The molecule has 0 aromatic heterocycles. The van der Waals surface area contributed by atoms with Crippen molar-refractivity contribution in [2.45, 2.75) is 19.3 Å². The van der Waals surface area contributed by atoms with Gasteiger partial charge in [0.2, 0.25) is 0 Å². The second kappa shape index (κ2) is 7.29. The number of benzene rings is 2. The van der Waals surface area contributed by atoms with Crippen LogP contribution in [-0.2, 0) is 0 Å². The van der Waals surface area contributed by atoms with Crippen LogP contribution in [0.1, 0.15) is 29.6 Å². The van der Waals surface area contributed by atoms with Crippen LogP contribution in [0.3, 0.4) is 0 Å². The first-order valence-corrected chi connectivity index (χ1v) is 8.15. The average molecular weight is 343 g/mol. The van der Waals surface area contributed by atoms with Gasteiger partial charge in [-0.2, -0.15) is 0 Å². The molecule has 25 heavy (non-hydrogen) atoms. The van der Waals surface area contributed by atoms with Crippen LogP contribution in [-0.4, -0.2) is 23.9 Å². The normalized spacial score (nSPS) is 14.2. The number of carbonyl (C=O) groups is 1. The summed E-state index contributed by atoms with van der Waals surface area (Å²) in [7, 11) is 0. The second-order valence-corrected chi connectivity index (χ2v) is 5.94. The standard InChI is InChI=1S/C18H18FN3O3/c19-15-6-2-3-7-16(15)20-18(23)14-12-13(22(24)25)8-9-17(14)21-10-4-1-5-11-21/h2-3,6-9,12H,1,4-5,10-11H2,(H,20,23). The first kappa shape index (κ1) is 16.9. The number of rotatable bonds is 4. The molecule has 1 fully saturated rings. The SMILES string of the molecule is O=C(Nc1ccccc1F)c1cc([N+](=O)[O-])ccc1N1CCCCC1. The zero-order valence-corrected chi connectivity index (χ0v) is 13.6. The van der Waals surface area contributed by atoms with Gasteiger partial charge in [0.15, 0.2) is 0 Å². The van der Waals surface area contributed by atoms with Crippen molar-refractivity contribution in [3.8, 4) is 0 Å². The van der Waals surface area contributed by atoms with E-state index in [1.807, 2.05) is 4.90 Å². The van der Waals surface area contributed by atoms with Gasteiger partial charge in [0.1, 0.15) is 5.82 Å². The lowest BCUT2D eigenvalue weighted by Crippen LogP contribution is -2.31. The minimum atomic E-state index is -0.561. The number of hydrogen-bond donors (Lipinski definition) is 1. The number of para-hydroxylation sites is 1. The summed E-state index contributed by atoms with van der Waals surface area (Å²) in [6, 6.07) is 10.1. The lowest BCUT2D eigenvalue weighted by atomic mass is 10.1. The lowest BCUT2D eigenvalue weighted by Gasteiger charge is -2.30. The van der Waals surface area contributed by atoms with Crippen molar-refractivity contribution >= 4 is 23.0 Å². The van der Waals surface area contributed by atoms with Crippen LogP contribution in [0.25, 0.3) is 0 Å². The molecule has 7 heteroatoms. The van der Waals surface area contributed by atoms with Crippen molar-refractivity contribution in [1.82, 2.24) is 0 Å². The maximum Gasteiger partial charge on any atom is 0.270 e. The molecule has 1 amide bonds. The second-order valence-electron chi connectivity index (χ2n) is 5.94. The summed E-state index contributed by atoms with van der Waals surface area (Å²) in [5.74, 6) is -1.12. The maximum absolute atomic E-state index is 13.8. The summed E-state index contributed by atoms with van der Waals surface area (Å²) in [6.45, 7) is 1.58. The molecule has 0 spiro atoms. The summed E-state index contributed by atoms with van der Waals surface area (Å²) in [5.41, 5.74) is 0.696. The van der Waals surface area contributed by atoms with Gasteiger partial charge in [0, 0.05) is 25.2 Å². The van der Waals surface area contributed by atoms with Crippen molar-refractivity contribution in [3.05, 3.63) is 64.0 Å². The van der Waals surface area contributed by atoms with Crippen LogP contribution in [0.15, 0.2) is 42.5 Å². The fraction of sp³-hybridized carbons (Fsp3) is 0.278. The molecule has 3 rings (SSSR count). The quantitative estimate of drug-likeness (QED) is 0.673. The van der Waals surface area contributed by atoms with Crippen molar-refractivity contribution in [3.63, 3.8) is 0 Å². The number of nitrogens with zero attached hydrogens (tertiary/aromatic N) is 2. The van der Waals surface area contributed by atoms with E-state index in [1.165, 1.54) is 30.3 Å². The summed E-state index contributed by atoms with van der Waals surface area (Å²) >= 11 is 0. The first-order valence-electron chi connectivity index (χ1n) is 8.15. The fourth-order valence-electron chi connectivity index (χ4n) is 2.98. The highest BCUT2D eigenvalue weighted by Crippen LogP contribution is 2.29. The van der Waals surface area contributed by atoms with E-state index in [4.69, 9.17) is 0 Å². The number of halogens is 1. The summed E-state index contributed by atoms with van der Waals surface area (Å²) < 4.78 is 13.8. The van der Waals surface area contributed by atoms with Crippen molar-refractivity contribution in [2.24, 2.45) is 0 Å². The molecular formula is C18H18FN3O3. The van der Waals surface area contributed by atoms with Crippen LogP contribution in [0, 0.1) is 15.9 Å². The van der Waals surface area contributed by atoms with E-state index in [2.05, 4.69) is 5.32 Å². The number of nitro benzene ring substituents is 1. The van der Waals surface area contributed by atoms with E-state index in [1.54, 1.807) is 12.1 Å². The van der Waals surface area contributed by atoms with Gasteiger partial charge in [-0.1, -0.05) is 12.1 Å². The third-order valence-corrected chi connectivity index (χ3v) is 4.25. The van der Waals surface area contributed by atoms with Gasteiger partial charge in [0.05, 0.1) is 21.9 Å². The predicted molar refractivity (Wildman–Crippen MR) is 93.5 cm³/mol. The number of piperidine rings is 1. The van der Waals surface area contributed by atoms with E-state index in [0.29, 0.717) is 5.69 Å². The number of non-ortho nitro benzene ring substituents is 1. The molecule has 0 saturated carbocycles. The van der Waals surface area contributed by atoms with E-state index < -0.39 is 16.6 Å². The Kier molecular flexibility index (Phi) is 4.92. The van der Waals surface area contributed by atoms with Crippen LogP contribution < -0.4 is 10.2 Å². The zero-order chi connectivity index (χ0) is 17.8. The molecule has 2 aromatic rings. The Morgan fingerprint density at radius 3 is 2.52 bits per heavy atom. The molecule has 0 unspecified atom stereocenters. The largest absolute Gasteiger partial charge is 0.371 e. The van der Waals surface area contributed by atoms with Crippen LogP contribution in [0.4, 0.5) is 21.5 Å². The van der Waals surface area contributed by atoms with Crippen molar-refractivity contribution < 1.29 is 14.1 Å². The third kappa shape index (κ3) is 3.76. The smallest absolute Gasteiger partial charge is 0.270 e. The van der Waals surface area contributed by atoms with Crippen molar-refractivity contribution in [1.29, 1.82) is 0 Å². The van der Waals surface area contributed by atoms with Crippen LogP contribution in [0.2, 0.25) is 0 Å². The third-order valence-electron chi connectivity index (χ3n) is 4.25. The molecule has 130 valence electrons. The maximum atomic E-state index is 13.8. The number of carbonyl (C=O) groups excluding carboxylic acids is 1. The highest BCUT2D eigenvalue weighted by atomic mass is 19.1. The van der Waals surface area contributed by atoms with Gasteiger partial charge in [-0.25, -0.2) is 4.39 Å². The molecule has 2 aromatic carbocycles. The number of nitrogens with one attached hydrogen (secondary N) is 1. The molecule has 0 aliphatic carbocycles. The Bertz CT molecular complexity index is 804. The summed E-state index contributed by atoms with van der Waals surface area (Å²) in [6.07, 6.45) is 3.14. The Balaban J connectivity index is 1.96. The minimum Gasteiger partial charge on any atom is -0.371 e. The van der Waals surface area contributed by atoms with Gasteiger partial charge in [0.25, 0.3) is 11.6 Å². The Labute approximate surface area is 144 Å². The van der Waals surface area contributed by atoms with E-state index in [-0.39, 0.29) is 16.9 Å². The number of hydrogen-bond acceptors (Lipinski definition) is 4. The highest BCUT2D eigenvalue weighted by Gasteiger charge is 2.22. The van der Waals surface area contributed by atoms with Crippen LogP contribution in [0.5, 0.6) is 0 Å². The molecule has 1 aliphatic heterocycles.